The van der Waals surface area contributed by atoms with E-state index >= 15 is 0 Å². The molecular weight excluding hydrogens is 402 g/mol. The maximum absolute atomic E-state index is 13.3. The molecule has 2 aromatic carbocycles. The number of carbonyl (C=O) groups is 1. The minimum Gasteiger partial charge on any atom is -0.496 e. The number of carbonyl (C=O) groups excluding carboxylic acids is 1. The zero-order valence-electron chi connectivity index (χ0n) is 19.7. The average Bonchev–Trinajstić information content (AvgIpc) is 3.26. The van der Waals surface area contributed by atoms with Crippen molar-refractivity contribution in [1.29, 1.82) is 0 Å². The highest BCUT2D eigenvalue weighted by Gasteiger charge is 2.24. The first-order valence-corrected chi connectivity index (χ1v) is 11.1. The number of aromatic nitrogens is 2. The summed E-state index contributed by atoms with van der Waals surface area (Å²) in [5.74, 6) is 2.06. The molecule has 0 aliphatic heterocycles. The number of rotatable bonds is 9. The molecule has 1 atom stereocenters. The Hall–Kier alpha value is -3.15. The number of hydrogen-bond acceptors (Lipinski definition) is 5. The van der Waals surface area contributed by atoms with Crippen LogP contribution in [0.1, 0.15) is 57.0 Å². The summed E-state index contributed by atoms with van der Waals surface area (Å²) < 4.78 is 10.9. The van der Waals surface area contributed by atoms with E-state index in [1.165, 1.54) is 0 Å². The van der Waals surface area contributed by atoms with Crippen molar-refractivity contribution in [3.8, 4) is 5.75 Å². The summed E-state index contributed by atoms with van der Waals surface area (Å²) in [6.07, 6.45) is 1.45. The molecule has 0 aliphatic rings. The van der Waals surface area contributed by atoms with Gasteiger partial charge in [-0.1, -0.05) is 74.5 Å². The van der Waals surface area contributed by atoms with Gasteiger partial charge in [-0.05, 0) is 30.5 Å². The van der Waals surface area contributed by atoms with Gasteiger partial charge in [0.15, 0.2) is 5.82 Å². The fourth-order valence-electron chi connectivity index (χ4n) is 3.59. The van der Waals surface area contributed by atoms with E-state index in [2.05, 4.69) is 17.1 Å². The molecule has 32 heavy (non-hydrogen) atoms. The number of ether oxygens (including phenoxy) is 1. The van der Waals surface area contributed by atoms with Crippen molar-refractivity contribution in [2.75, 3.05) is 7.11 Å². The Morgan fingerprint density at radius 3 is 2.44 bits per heavy atom. The lowest BCUT2D eigenvalue weighted by molar-refractivity contribution is -0.134. The predicted molar refractivity (Wildman–Crippen MR) is 124 cm³/mol. The third kappa shape index (κ3) is 6.19. The molecule has 1 unspecified atom stereocenters. The maximum atomic E-state index is 13.3. The monoisotopic (exact) mass is 435 g/mol. The Labute approximate surface area is 190 Å². The van der Waals surface area contributed by atoms with Crippen molar-refractivity contribution >= 4 is 5.91 Å². The van der Waals surface area contributed by atoms with Crippen LogP contribution in [0, 0.1) is 0 Å². The smallest absolute Gasteiger partial charge is 0.227 e. The average molecular weight is 436 g/mol. The van der Waals surface area contributed by atoms with Crippen LogP contribution in [0.5, 0.6) is 5.75 Å². The Morgan fingerprint density at radius 1 is 1.09 bits per heavy atom. The van der Waals surface area contributed by atoms with Gasteiger partial charge in [0.1, 0.15) is 5.75 Å². The van der Waals surface area contributed by atoms with Crippen molar-refractivity contribution in [3.05, 3.63) is 77.4 Å². The first-order valence-electron chi connectivity index (χ1n) is 11.1. The van der Waals surface area contributed by atoms with E-state index in [9.17, 15) is 4.79 Å². The Bertz CT molecular complexity index is 1010. The lowest BCUT2D eigenvalue weighted by Gasteiger charge is -2.30. The molecule has 0 saturated heterocycles. The van der Waals surface area contributed by atoms with Crippen LogP contribution in [0.25, 0.3) is 0 Å². The molecule has 1 amide bonds. The molecule has 0 spiro atoms. The molecule has 6 nitrogen and oxygen atoms in total. The highest BCUT2D eigenvalue weighted by molar-refractivity contribution is 5.76. The fourth-order valence-corrected chi connectivity index (χ4v) is 3.59. The summed E-state index contributed by atoms with van der Waals surface area (Å²) >= 11 is 0. The number of para-hydroxylation sites is 1. The second kappa shape index (κ2) is 10.4. The Morgan fingerprint density at radius 2 is 1.78 bits per heavy atom. The molecule has 0 N–H and O–H groups in total. The van der Waals surface area contributed by atoms with E-state index in [1.807, 2.05) is 80.3 Å². The molecule has 1 aromatic heterocycles. The van der Waals surface area contributed by atoms with E-state index in [0.29, 0.717) is 37.5 Å². The highest BCUT2D eigenvalue weighted by atomic mass is 16.5. The molecule has 6 heteroatoms. The molecule has 3 rings (SSSR count). The summed E-state index contributed by atoms with van der Waals surface area (Å²) in [5, 5.41) is 4.06. The largest absolute Gasteiger partial charge is 0.496 e. The molecule has 0 fully saturated rings. The number of aryl methyl sites for hydroxylation is 1. The van der Waals surface area contributed by atoms with Crippen LogP contribution in [0.4, 0.5) is 0 Å². The third-order valence-corrected chi connectivity index (χ3v) is 5.45. The first kappa shape index (κ1) is 23.5. The van der Waals surface area contributed by atoms with Gasteiger partial charge in [-0.3, -0.25) is 4.79 Å². The lowest BCUT2D eigenvalue weighted by Crippen LogP contribution is -2.39. The van der Waals surface area contributed by atoms with E-state index in [-0.39, 0.29) is 17.4 Å². The normalized spacial score (nSPS) is 12.4. The maximum Gasteiger partial charge on any atom is 0.227 e. The SMILES string of the molecule is COc1ccccc1CC(C)N(Cc1ccccc1)C(=O)CCc1nc(C(C)(C)C)no1. The Kier molecular flexibility index (Phi) is 7.67. The molecule has 0 aliphatic carbocycles. The Balaban J connectivity index is 1.74. The van der Waals surface area contributed by atoms with Gasteiger partial charge in [-0.2, -0.15) is 4.98 Å². The van der Waals surface area contributed by atoms with E-state index in [1.54, 1.807) is 7.11 Å². The van der Waals surface area contributed by atoms with Crippen LogP contribution >= 0.6 is 0 Å². The van der Waals surface area contributed by atoms with Gasteiger partial charge in [0.05, 0.1) is 7.11 Å². The molecular formula is C26H33N3O3. The van der Waals surface area contributed by atoms with Crippen molar-refractivity contribution in [2.24, 2.45) is 0 Å². The van der Waals surface area contributed by atoms with Crippen LogP contribution in [0.3, 0.4) is 0 Å². The third-order valence-electron chi connectivity index (χ3n) is 5.45. The number of amides is 1. The molecule has 0 radical (unpaired) electrons. The summed E-state index contributed by atoms with van der Waals surface area (Å²) in [6, 6.07) is 18.0. The van der Waals surface area contributed by atoms with Gasteiger partial charge >= 0.3 is 0 Å². The van der Waals surface area contributed by atoms with Crippen LogP contribution < -0.4 is 4.74 Å². The molecule has 170 valence electrons. The van der Waals surface area contributed by atoms with E-state index < -0.39 is 0 Å². The number of nitrogens with zero attached hydrogens (tertiary/aromatic N) is 3. The van der Waals surface area contributed by atoms with Crippen LogP contribution in [-0.4, -0.2) is 34.1 Å². The van der Waals surface area contributed by atoms with Crippen LogP contribution in [0.15, 0.2) is 59.1 Å². The van der Waals surface area contributed by atoms with Gasteiger partial charge in [-0.25, -0.2) is 0 Å². The second-order valence-corrected chi connectivity index (χ2v) is 9.13. The van der Waals surface area contributed by atoms with Gasteiger partial charge in [0, 0.05) is 30.8 Å². The lowest BCUT2D eigenvalue weighted by atomic mass is 9.96. The number of methoxy groups -OCH3 is 1. The molecule has 1 heterocycles. The second-order valence-electron chi connectivity index (χ2n) is 9.13. The van der Waals surface area contributed by atoms with Gasteiger partial charge in [0.2, 0.25) is 11.8 Å². The van der Waals surface area contributed by atoms with Crippen LogP contribution in [-0.2, 0) is 29.6 Å². The van der Waals surface area contributed by atoms with Gasteiger partial charge in [0.25, 0.3) is 0 Å². The summed E-state index contributed by atoms with van der Waals surface area (Å²) in [7, 11) is 1.67. The topological polar surface area (TPSA) is 68.5 Å². The quantitative estimate of drug-likeness (QED) is 0.475. The number of benzene rings is 2. The van der Waals surface area contributed by atoms with Crippen molar-refractivity contribution in [1.82, 2.24) is 15.0 Å². The fraction of sp³-hybridized carbons (Fsp3) is 0.423. The highest BCUT2D eigenvalue weighted by Crippen LogP contribution is 2.23. The zero-order chi connectivity index (χ0) is 23.1. The minimum atomic E-state index is -0.186. The molecule has 3 aromatic rings. The zero-order valence-corrected chi connectivity index (χ0v) is 19.7. The summed E-state index contributed by atoms with van der Waals surface area (Å²) in [5.41, 5.74) is 1.99. The van der Waals surface area contributed by atoms with E-state index in [0.717, 1.165) is 16.9 Å². The van der Waals surface area contributed by atoms with Gasteiger partial charge < -0.3 is 14.2 Å². The summed E-state index contributed by atoms with van der Waals surface area (Å²) in [4.78, 5) is 19.7. The van der Waals surface area contributed by atoms with Crippen LogP contribution in [0.2, 0.25) is 0 Å². The summed E-state index contributed by atoms with van der Waals surface area (Å²) in [6.45, 7) is 8.74. The molecule has 0 saturated carbocycles. The molecule has 0 bridgehead atoms. The van der Waals surface area contributed by atoms with E-state index in [4.69, 9.17) is 9.26 Å². The minimum absolute atomic E-state index is 0.00757. The number of hydrogen-bond donors (Lipinski definition) is 0. The van der Waals surface area contributed by atoms with Crippen molar-refractivity contribution in [3.63, 3.8) is 0 Å². The van der Waals surface area contributed by atoms with Gasteiger partial charge in [-0.15, -0.1) is 0 Å². The van der Waals surface area contributed by atoms with Crippen molar-refractivity contribution < 1.29 is 14.1 Å². The van der Waals surface area contributed by atoms with Crippen molar-refractivity contribution in [2.45, 2.75) is 65.0 Å². The first-order chi connectivity index (χ1) is 15.3. The predicted octanol–water partition coefficient (Wildman–Crippen LogP) is 4.97. The standard InChI is InChI=1S/C26H33N3O3/c1-19(17-21-13-9-10-14-22(21)31-5)29(18-20-11-7-6-8-12-20)24(30)16-15-23-27-25(28-32-23)26(2,3)4/h6-14,19H,15-18H2,1-5H3.